The van der Waals surface area contributed by atoms with E-state index in [-0.39, 0.29) is 0 Å². The van der Waals surface area contributed by atoms with E-state index in [4.69, 9.17) is 28.4 Å². The Morgan fingerprint density at radius 3 is 1.67 bits per heavy atom. The highest BCUT2D eigenvalue weighted by atomic mass is 32.1. The highest BCUT2D eigenvalue weighted by Gasteiger charge is 2.50. The maximum Gasteiger partial charge on any atom is 0.117 e. The van der Waals surface area contributed by atoms with Crippen LogP contribution >= 0.6 is 11.3 Å². The topological polar surface area (TPSA) is 58.6 Å². The van der Waals surface area contributed by atoms with Crippen LogP contribution < -0.4 is 4.90 Å². The molecule has 61 heavy (non-hydrogen) atoms. The van der Waals surface area contributed by atoms with Gasteiger partial charge in [-0.05, 0) is 51.4 Å². The summed E-state index contributed by atoms with van der Waals surface area (Å²) < 4.78 is 42.5. The Bertz CT molecular complexity index is 2360. The third-order valence-electron chi connectivity index (χ3n) is 11.5. The predicted octanol–water partition coefficient (Wildman–Crippen LogP) is 10.7. The van der Waals surface area contributed by atoms with Crippen LogP contribution in [0.2, 0.25) is 0 Å². The number of anilines is 1. The van der Waals surface area contributed by atoms with Crippen LogP contribution in [0.5, 0.6) is 0 Å². The van der Waals surface area contributed by atoms with Gasteiger partial charge < -0.3 is 33.3 Å². The van der Waals surface area contributed by atoms with Crippen molar-refractivity contribution in [2.24, 2.45) is 0 Å². The van der Waals surface area contributed by atoms with Gasteiger partial charge in [0.05, 0.1) is 46.2 Å². The van der Waals surface area contributed by atoms with Crippen molar-refractivity contribution < 1.29 is 28.4 Å². The third kappa shape index (κ3) is 10.7. The highest BCUT2D eigenvalue weighted by Crippen LogP contribution is 2.43. The molecule has 6 aromatic carbocycles. The van der Waals surface area contributed by atoms with Gasteiger partial charge in [-0.25, -0.2) is 0 Å². The first-order valence-electron chi connectivity index (χ1n) is 21.4. The molecule has 312 valence electrons. The molecule has 7 aromatic rings. The van der Waals surface area contributed by atoms with Crippen LogP contribution in [0.4, 0.5) is 5.69 Å². The highest BCUT2D eigenvalue weighted by molar-refractivity contribution is 7.19. The standard InChI is InChI=1S/C53H53NO6S/c1-5-15-39(16-6-1)34-56-38-48-51(57-35-40-17-7-2-8-18-40)53(59-37-42-21-11-4-12-22-42)52(58-36-41-19-9-3-10-20-41)50(60-48)46-32-43(25-26-47(46)54-27-29-55-30-28-54)31-45-33-44-23-13-14-24-49(44)61-45/h1-26,32-33,48,50-53H,27-31,34-38H2/t48-,50?,51-,52+,53+/m1/s1. The van der Waals surface area contributed by atoms with Gasteiger partial charge in [0.1, 0.15) is 30.5 Å². The van der Waals surface area contributed by atoms with Crippen LogP contribution in [-0.2, 0) is 61.3 Å². The first-order chi connectivity index (χ1) is 30.2. The summed E-state index contributed by atoms with van der Waals surface area (Å²) in [5.74, 6) is 0. The molecule has 2 fully saturated rings. The second kappa shape index (κ2) is 20.6. The molecule has 1 unspecified atom stereocenters. The minimum absolute atomic E-state index is 0.301. The van der Waals surface area contributed by atoms with E-state index in [0.29, 0.717) is 46.2 Å². The van der Waals surface area contributed by atoms with Gasteiger partial charge in [0.15, 0.2) is 0 Å². The minimum Gasteiger partial charge on any atom is -0.378 e. The van der Waals surface area contributed by atoms with Crippen molar-refractivity contribution in [1.29, 1.82) is 0 Å². The molecule has 0 spiro atoms. The molecule has 2 aliphatic heterocycles. The number of ether oxygens (including phenoxy) is 6. The molecular formula is C53H53NO6S. The molecule has 7 nitrogen and oxygen atoms in total. The molecule has 5 atom stereocenters. The summed E-state index contributed by atoms with van der Waals surface area (Å²) in [7, 11) is 0. The molecule has 0 aliphatic carbocycles. The average molecular weight is 832 g/mol. The van der Waals surface area contributed by atoms with E-state index in [9.17, 15) is 0 Å². The first-order valence-corrected chi connectivity index (χ1v) is 22.2. The SMILES string of the molecule is c1ccc(COC[C@H]2OC(c3cc(Cc4cc5ccccc5s4)ccc3N3CCOCC3)[C@H](OCc3ccccc3)[C@@H](OCc3ccccc3)[C@@H]2OCc2ccccc2)cc1. The van der Waals surface area contributed by atoms with Crippen LogP contribution in [0.1, 0.15) is 44.4 Å². The van der Waals surface area contributed by atoms with Gasteiger partial charge in [-0.15, -0.1) is 11.3 Å². The van der Waals surface area contributed by atoms with Gasteiger partial charge in [-0.1, -0.05) is 152 Å². The van der Waals surface area contributed by atoms with E-state index in [0.717, 1.165) is 53.0 Å². The number of nitrogens with zero attached hydrogens (tertiary/aromatic N) is 1. The van der Waals surface area contributed by atoms with Gasteiger partial charge in [-0.3, -0.25) is 0 Å². The Labute approximate surface area is 363 Å². The Kier molecular flexibility index (Phi) is 13.9. The number of benzene rings is 6. The van der Waals surface area contributed by atoms with Gasteiger partial charge in [0.2, 0.25) is 0 Å². The average Bonchev–Trinajstić information content (AvgIpc) is 3.74. The quantitative estimate of drug-likeness (QED) is 0.0906. The maximum absolute atomic E-state index is 7.47. The minimum atomic E-state index is -0.547. The van der Waals surface area contributed by atoms with Crippen LogP contribution in [0, 0.1) is 0 Å². The van der Waals surface area contributed by atoms with Crippen LogP contribution in [0.15, 0.2) is 170 Å². The molecular weight excluding hydrogens is 779 g/mol. The summed E-state index contributed by atoms with van der Waals surface area (Å²) in [6, 6.07) is 59.1. The Morgan fingerprint density at radius 1 is 0.525 bits per heavy atom. The number of morpholine rings is 1. The molecule has 0 amide bonds. The smallest absolute Gasteiger partial charge is 0.117 e. The van der Waals surface area contributed by atoms with E-state index in [1.807, 2.05) is 59.9 Å². The van der Waals surface area contributed by atoms with Crippen molar-refractivity contribution >= 4 is 27.1 Å². The number of thiophene rings is 1. The molecule has 2 aliphatic rings. The Morgan fingerprint density at radius 2 is 1.07 bits per heavy atom. The third-order valence-corrected chi connectivity index (χ3v) is 12.6. The zero-order chi connectivity index (χ0) is 41.1. The lowest BCUT2D eigenvalue weighted by Gasteiger charge is -2.47. The van der Waals surface area contributed by atoms with Crippen molar-refractivity contribution in [2.45, 2.75) is 63.4 Å². The van der Waals surface area contributed by atoms with Crippen molar-refractivity contribution in [2.75, 3.05) is 37.8 Å². The van der Waals surface area contributed by atoms with E-state index in [1.54, 1.807) is 0 Å². The van der Waals surface area contributed by atoms with Crippen molar-refractivity contribution in [3.05, 3.63) is 208 Å². The Balaban J connectivity index is 1.13. The summed E-state index contributed by atoms with van der Waals surface area (Å²) in [6.07, 6.45) is -1.80. The predicted molar refractivity (Wildman–Crippen MR) is 243 cm³/mol. The monoisotopic (exact) mass is 831 g/mol. The van der Waals surface area contributed by atoms with Gasteiger partial charge >= 0.3 is 0 Å². The fraction of sp³-hybridized carbons (Fsp3) is 0.283. The van der Waals surface area contributed by atoms with Crippen molar-refractivity contribution in [3.8, 4) is 0 Å². The second-order valence-corrected chi connectivity index (χ2v) is 17.0. The Hall–Kier alpha value is -5.16. The van der Waals surface area contributed by atoms with E-state index >= 15 is 0 Å². The number of hydrogen-bond donors (Lipinski definition) is 0. The zero-order valence-corrected chi connectivity index (χ0v) is 35.2. The number of hydrogen-bond acceptors (Lipinski definition) is 8. The fourth-order valence-electron chi connectivity index (χ4n) is 8.40. The van der Waals surface area contributed by atoms with Crippen LogP contribution in [0.3, 0.4) is 0 Å². The van der Waals surface area contributed by atoms with Crippen molar-refractivity contribution in [3.63, 3.8) is 0 Å². The first kappa shape index (κ1) is 41.2. The summed E-state index contributed by atoms with van der Waals surface area (Å²) in [5, 5.41) is 1.27. The summed E-state index contributed by atoms with van der Waals surface area (Å²) in [4.78, 5) is 3.75. The lowest BCUT2D eigenvalue weighted by atomic mass is 9.88. The maximum atomic E-state index is 7.47. The van der Waals surface area contributed by atoms with E-state index in [2.05, 4.69) is 126 Å². The lowest BCUT2D eigenvalue weighted by Crippen LogP contribution is -2.58. The molecule has 8 heteroatoms. The lowest BCUT2D eigenvalue weighted by molar-refractivity contribution is -0.275. The largest absolute Gasteiger partial charge is 0.378 e. The molecule has 0 N–H and O–H groups in total. The van der Waals surface area contributed by atoms with Crippen LogP contribution in [-0.4, -0.2) is 57.3 Å². The molecule has 0 radical (unpaired) electrons. The second-order valence-electron chi connectivity index (χ2n) is 15.8. The fourth-order valence-corrected chi connectivity index (χ4v) is 9.50. The van der Waals surface area contributed by atoms with Gasteiger partial charge in [0, 0.05) is 40.3 Å². The summed E-state index contributed by atoms with van der Waals surface area (Å²) in [5.41, 5.74) is 7.72. The van der Waals surface area contributed by atoms with Crippen LogP contribution in [0.25, 0.3) is 10.1 Å². The molecule has 0 saturated carbocycles. The normalized spacial score (nSPS) is 20.5. The van der Waals surface area contributed by atoms with Gasteiger partial charge in [0.25, 0.3) is 0 Å². The molecule has 1 aromatic heterocycles. The van der Waals surface area contributed by atoms with E-state index < -0.39 is 30.5 Å². The summed E-state index contributed by atoms with van der Waals surface area (Å²) >= 11 is 1.85. The zero-order valence-electron chi connectivity index (χ0n) is 34.4. The molecule has 9 rings (SSSR count). The molecule has 3 heterocycles. The van der Waals surface area contributed by atoms with Crippen molar-refractivity contribution in [1.82, 2.24) is 0 Å². The number of rotatable bonds is 17. The molecule has 0 bridgehead atoms. The molecule has 2 saturated heterocycles. The summed E-state index contributed by atoms with van der Waals surface area (Å²) in [6.45, 7) is 4.79. The number of fused-ring (bicyclic) bond motifs is 1. The van der Waals surface area contributed by atoms with E-state index in [1.165, 1.54) is 20.5 Å². The van der Waals surface area contributed by atoms with Gasteiger partial charge in [-0.2, -0.15) is 0 Å².